The summed E-state index contributed by atoms with van der Waals surface area (Å²) < 4.78 is 1.62. The first-order valence-corrected chi connectivity index (χ1v) is 7.70. The summed E-state index contributed by atoms with van der Waals surface area (Å²) in [5.41, 5.74) is 2.13. The number of hydrogen-bond acceptors (Lipinski definition) is 4. The van der Waals surface area contributed by atoms with Crippen LogP contribution in [0.4, 0.5) is 5.69 Å². The van der Waals surface area contributed by atoms with Gasteiger partial charge in [-0.2, -0.15) is 0 Å². The van der Waals surface area contributed by atoms with Crippen LogP contribution in [0.5, 0.6) is 0 Å². The smallest absolute Gasteiger partial charge is 0.227 e. The molecule has 0 aliphatic heterocycles. The van der Waals surface area contributed by atoms with Crippen molar-refractivity contribution in [3.8, 4) is 5.69 Å². The van der Waals surface area contributed by atoms with Gasteiger partial charge in [-0.1, -0.05) is 28.9 Å². The number of carbonyl (C=O) groups is 1. The van der Waals surface area contributed by atoms with E-state index in [-0.39, 0.29) is 12.3 Å². The second kappa shape index (κ2) is 7.25. The van der Waals surface area contributed by atoms with Crippen LogP contribution in [-0.2, 0) is 4.79 Å². The second-order valence-corrected chi connectivity index (χ2v) is 5.65. The van der Waals surface area contributed by atoms with Gasteiger partial charge in [0.05, 0.1) is 30.6 Å². The van der Waals surface area contributed by atoms with Gasteiger partial charge in [-0.15, -0.1) is 5.10 Å². The maximum atomic E-state index is 12.1. The lowest BCUT2D eigenvalue weighted by Crippen LogP contribution is -2.15. The number of anilines is 1. The van der Waals surface area contributed by atoms with Crippen molar-refractivity contribution >= 4 is 23.2 Å². The van der Waals surface area contributed by atoms with Gasteiger partial charge in [0.1, 0.15) is 0 Å². The molecule has 0 spiro atoms. The zero-order chi connectivity index (χ0) is 16.9. The summed E-state index contributed by atoms with van der Waals surface area (Å²) >= 11 is 5.81. The number of halogens is 1. The minimum absolute atomic E-state index is 0.0353. The Hall–Kier alpha value is -2.70. The maximum absolute atomic E-state index is 12.1. The highest BCUT2D eigenvalue weighted by Gasteiger charge is 2.13. The summed E-state index contributed by atoms with van der Waals surface area (Å²) in [5, 5.41) is 21.1. The number of aromatic nitrogens is 3. The van der Waals surface area contributed by atoms with Crippen molar-refractivity contribution in [3.05, 3.63) is 71.5 Å². The van der Waals surface area contributed by atoms with Crippen molar-refractivity contribution in [3.63, 3.8) is 0 Å². The lowest BCUT2D eigenvalue weighted by atomic mass is 10.1. The third-order valence-corrected chi connectivity index (χ3v) is 3.72. The molecule has 0 fully saturated rings. The molecule has 1 heterocycles. The number of amides is 1. The summed E-state index contributed by atoms with van der Waals surface area (Å²) in [6.07, 6.45) is 2.41. The van der Waals surface area contributed by atoms with E-state index < -0.39 is 6.10 Å². The van der Waals surface area contributed by atoms with Crippen LogP contribution in [0, 0.1) is 0 Å². The third-order valence-electron chi connectivity index (χ3n) is 3.47. The molecule has 0 radical (unpaired) electrons. The third kappa shape index (κ3) is 3.98. The van der Waals surface area contributed by atoms with Crippen molar-refractivity contribution in [1.29, 1.82) is 0 Å². The lowest BCUT2D eigenvalue weighted by Gasteiger charge is -2.11. The molecule has 1 atom stereocenters. The van der Waals surface area contributed by atoms with E-state index in [4.69, 9.17) is 11.6 Å². The monoisotopic (exact) mass is 342 g/mol. The zero-order valence-corrected chi connectivity index (χ0v) is 13.4. The Bertz CT molecular complexity index is 802. The molecule has 0 saturated carbocycles. The van der Waals surface area contributed by atoms with Crippen molar-refractivity contribution in [2.45, 2.75) is 12.5 Å². The van der Waals surface area contributed by atoms with E-state index in [9.17, 15) is 9.90 Å². The molecular weight excluding hydrogens is 328 g/mol. The van der Waals surface area contributed by atoms with Gasteiger partial charge in [0.25, 0.3) is 0 Å². The number of rotatable bonds is 5. The predicted molar refractivity (Wildman–Crippen MR) is 91.0 cm³/mol. The number of nitrogens with zero attached hydrogens (tertiary/aromatic N) is 3. The maximum Gasteiger partial charge on any atom is 0.227 e. The Morgan fingerprint density at radius 2 is 1.88 bits per heavy atom. The number of benzene rings is 2. The molecule has 6 nitrogen and oxygen atoms in total. The standard InChI is InChI=1S/C17H15ClN4O2/c18-13-3-1-12(2-4-13)16(23)11-17(24)20-14-5-7-15(8-6-14)22-10-9-19-21-22/h1-10,16,23H,11H2,(H,20,24). The molecule has 1 amide bonds. The van der Waals surface area contributed by atoms with Crippen LogP contribution in [0.1, 0.15) is 18.1 Å². The first kappa shape index (κ1) is 16.2. The summed E-state index contributed by atoms with van der Waals surface area (Å²) in [7, 11) is 0. The van der Waals surface area contributed by atoms with E-state index in [0.29, 0.717) is 16.3 Å². The molecule has 2 N–H and O–H groups in total. The van der Waals surface area contributed by atoms with Crippen LogP contribution in [0.15, 0.2) is 60.9 Å². The molecule has 24 heavy (non-hydrogen) atoms. The molecule has 0 bridgehead atoms. The largest absolute Gasteiger partial charge is 0.388 e. The number of aliphatic hydroxyl groups excluding tert-OH is 1. The van der Waals surface area contributed by atoms with Crippen molar-refractivity contribution in [2.24, 2.45) is 0 Å². The van der Waals surface area contributed by atoms with Crippen molar-refractivity contribution in [2.75, 3.05) is 5.32 Å². The minimum atomic E-state index is -0.878. The molecule has 3 rings (SSSR count). The zero-order valence-electron chi connectivity index (χ0n) is 12.6. The van der Waals surface area contributed by atoms with E-state index in [0.717, 1.165) is 5.69 Å². The van der Waals surface area contributed by atoms with Crippen LogP contribution >= 0.6 is 11.6 Å². The lowest BCUT2D eigenvalue weighted by molar-refractivity contribution is -0.118. The summed E-state index contributed by atoms with van der Waals surface area (Å²) in [6.45, 7) is 0. The van der Waals surface area contributed by atoms with Crippen molar-refractivity contribution in [1.82, 2.24) is 15.0 Å². The van der Waals surface area contributed by atoms with Gasteiger partial charge in [-0.25, -0.2) is 4.68 Å². The Balaban J connectivity index is 1.59. The van der Waals surface area contributed by atoms with E-state index in [1.54, 1.807) is 53.5 Å². The first-order valence-electron chi connectivity index (χ1n) is 7.32. The molecule has 1 aromatic heterocycles. The quantitative estimate of drug-likeness (QED) is 0.747. The molecule has 1 unspecified atom stereocenters. The first-order chi connectivity index (χ1) is 11.6. The second-order valence-electron chi connectivity index (χ2n) is 5.21. The Kier molecular flexibility index (Phi) is 4.88. The normalized spacial score (nSPS) is 11.9. The van der Waals surface area contributed by atoms with Gasteiger partial charge in [0, 0.05) is 10.7 Å². The van der Waals surface area contributed by atoms with Gasteiger partial charge in [0.15, 0.2) is 0 Å². The average Bonchev–Trinajstić information content (AvgIpc) is 3.10. The van der Waals surface area contributed by atoms with Crippen LogP contribution in [0.2, 0.25) is 5.02 Å². The van der Waals surface area contributed by atoms with Crippen LogP contribution < -0.4 is 5.32 Å². The Morgan fingerprint density at radius 3 is 2.50 bits per heavy atom. The van der Waals surface area contributed by atoms with E-state index >= 15 is 0 Å². The van der Waals surface area contributed by atoms with Gasteiger partial charge in [0.2, 0.25) is 5.91 Å². The highest BCUT2D eigenvalue weighted by atomic mass is 35.5. The van der Waals surface area contributed by atoms with E-state index in [1.807, 2.05) is 12.1 Å². The fourth-order valence-corrected chi connectivity index (χ4v) is 2.36. The SMILES string of the molecule is O=C(CC(O)c1ccc(Cl)cc1)Nc1ccc(-n2ccnn2)cc1. The average molecular weight is 343 g/mol. The number of hydrogen-bond donors (Lipinski definition) is 2. The minimum Gasteiger partial charge on any atom is -0.388 e. The molecule has 0 aliphatic rings. The number of nitrogens with one attached hydrogen (secondary N) is 1. The van der Waals surface area contributed by atoms with Crippen LogP contribution in [0.25, 0.3) is 5.69 Å². The summed E-state index contributed by atoms with van der Waals surface area (Å²) in [6, 6.07) is 13.9. The highest BCUT2D eigenvalue weighted by molar-refractivity contribution is 6.30. The molecule has 122 valence electrons. The molecule has 7 heteroatoms. The van der Waals surface area contributed by atoms with Crippen molar-refractivity contribution < 1.29 is 9.90 Å². The van der Waals surface area contributed by atoms with Gasteiger partial charge < -0.3 is 10.4 Å². The van der Waals surface area contributed by atoms with Gasteiger partial charge >= 0.3 is 0 Å². The van der Waals surface area contributed by atoms with Gasteiger partial charge in [-0.3, -0.25) is 4.79 Å². The predicted octanol–water partition coefficient (Wildman–Crippen LogP) is 2.98. The molecular formula is C17H15ClN4O2. The number of aliphatic hydroxyl groups is 1. The fourth-order valence-electron chi connectivity index (χ4n) is 2.23. The Labute approximate surface area is 143 Å². The fraction of sp³-hybridized carbons (Fsp3) is 0.118. The summed E-state index contributed by atoms with van der Waals surface area (Å²) in [4.78, 5) is 12.1. The number of carbonyl (C=O) groups excluding carboxylic acids is 1. The topological polar surface area (TPSA) is 80.0 Å². The van der Waals surface area contributed by atoms with E-state index in [2.05, 4.69) is 15.6 Å². The summed E-state index contributed by atoms with van der Waals surface area (Å²) in [5.74, 6) is -0.272. The van der Waals surface area contributed by atoms with E-state index in [1.165, 1.54) is 0 Å². The van der Waals surface area contributed by atoms with Crippen LogP contribution in [0.3, 0.4) is 0 Å². The molecule has 3 aromatic rings. The van der Waals surface area contributed by atoms with Gasteiger partial charge in [-0.05, 0) is 42.0 Å². The highest BCUT2D eigenvalue weighted by Crippen LogP contribution is 2.20. The molecule has 0 aliphatic carbocycles. The Morgan fingerprint density at radius 1 is 1.17 bits per heavy atom. The molecule has 0 saturated heterocycles. The molecule has 2 aromatic carbocycles. The van der Waals surface area contributed by atoms with Crippen LogP contribution in [-0.4, -0.2) is 26.0 Å².